The largest absolute Gasteiger partial charge is 0.377 e. The van der Waals surface area contributed by atoms with E-state index in [-0.39, 0.29) is 26.2 Å². The minimum absolute atomic E-state index is 0.0941. The van der Waals surface area contributed by atoms with Gasteiger partial charge >= 0.3 is 0 Å². The molecule has 52 heavy (non-hydrogen) atoms. The van der Waals surface area contributed by atoms with Crippen molar-refractivity contribution in [3.8, 4) is 0 Å². The van der Waals surface area contributed by atoms with E-state index in [1.165, 1.54) is 0 Å². The summed E-state index contributed by atoms with van der Waals surface area (Å²) in [5.41, 5.74) is 11.2. The van der Waals surface area contributed by atoms with E-state index >= 15 is 0 Å². The summed E-state index contributed by atoms with van der Waals surface area (Å²) < 4.78 is 50.9. The third-order valence-electron chi connectivity index (χ3n) is 9.40. The number of rotatable bonds is 16. The van der Waals surface area contributed by atoms with Gasteiger partial charge < -0.3 is 43.0 Å². The molecule has 12 heteroatoms. The molecule has 0 aromatic heterocycles. The van der Waals surface area contributed by atoms with Crippen molar-refractivity contribution in [1.82, 2.24) is 0 Å². The average Bonchev–Trinajstić information content (AvgIpc) is 3.66. The van der Waals surface area contributed by atoms with Crippen molar-refractivity contribution in [2.75, 3.05) is 13.2 Å². The Labute approximate surface area is 302 Å². The fourth-order valence-corrected chi connectivity index (χ4v) is 6.77. The number of hydrogen-bond donors (Lipinski definition) is 1. The first-order valence-corrected chi connectivity index (χ1v) is 17.5. The number of ether oxygens (including phenoxy) is 8. The van der Waals surface area contributed by atoms with Crippen LogP contribution in [-0.4, -0.2) is 73.2 Å². The Balaban J connectivity index is 1.15. The van der Waals surface area contributed by atoms with Gasteiger partial charge in [-0.3, -0.25) is 0 Å². The van der Waals surface area contributed by atoms with Crippen molar-refractivity contribution in [2.45, 2.75) is 87.8 Å². The molecule has 3 aliphatic rings. The Morgan fingerprint density at radius 2 is 1.23 bits per heavy atom. The number of aliphatic hydroxyl groups is 1. The fraction of sp³-hybridized carbons (Fsp3) is 0.400. The lowest BCUT2D eigenvalue weighted by Crippen LogP contribution is -2.64. The van der Waals surface area contributed by atoms with Gasteiger partial charge in [-0.05, 0) is 27.8 Å². The van der Waals surface area contributed by atoms with E-state index in [0.29, 0.717) is 19.8 Å². The van der Waals surface area contributed by atoms with Crippen LogP contribution in [-0.2, 0) is 64.3 Å². The highest BCUT2D eigenvalue weighted by molar-refractivity contribution is 5.16. The second-order valence-corrected chi connectivity index (χ2v) is 13.1. The Morgan fingerprint density at radius 1 is 0.692 bits per heavy atom. The molecule has 0 saturated carbocycles. The van der Waals surface area contributed by atoms with Crippen LogP contribution in [0.5, 0.6) is 0 Å². The van der Waals surface area contributed by atoms with E-state index in [4.69, 9.17) is 37.9 Å². The molecule has 3 fully saturated rings. The quantitative estimate of drug-likeness (QED) is 0.0816. The monoisotopic (exact) mass is 709 g/mol. The predicted molar refractivity (Wildman–Crippen MR) is 188 cm³/mol. The van der Waals surface area contributed by atoms with Gasteiger partial charge in [0.25, 0.3) is 0 Å². The average molecular weight is 710 g/mol. The normalized spacial score (nSPS) is 29.7. The number of benzene rings is 4. The van der Waals surface area contributed by atoms with E-state index in [1.807, 2.05) is 121 Å². The SMILES string of the molecule is [N-]=[N+]=N[C@]1(O)[C@@H]2OC[C@@H](O2)[C@@H](O[C@H]2C[C@@H](OCc3ccccc3)[C@H](OCc3ccccc3)[C@@H](COCc3ccccc3)O2)[C@@H]1OCc1ccccc1. The van der Waals surface area contributed by atoms with Gasteiger partial charge in [-0.15, -0.1) is 0 Å². The van der Waals surface area contributed by atoms with E-state index in [9.17, 15) is 10.6 Å². The molecule has 4 aromatic rings. The Morgan fingerprint density at radius 3 is 1.81 bits per heavy atom. The molecule has 0 aliphatic carbocycles. The Bertz CT molecular complexity index is 1720. The molecule has 3 heterocycles. The lowest BCUT2D eigenvalue weighted by atomic mass is 9.94. The van der Waals surface area contributed by atoms with Crippen molar-refractivity contribution in [1.29, 1.82) is 0 Å². The second kappa shape index (κ2) is 17.6. The van der Waals surface area contributed by atoms with Crippen LogP contribution >= 0.6 is 0 Å². The molecule has 0 unspecified atom stereocenters. The molecule has 0 amide bonds. The maximum Gasteiger partial charge on any atom is 0.223 e. The van der Waals surface area contributed by atoms with Crippen LogP contribution in [0.4, 0.5) is 0 Å². The summed E-state index contributed by atoms with van der Waals surface area (Å²) in [4.78, 5) is 2.92. The summed E-state index contributed by atoms with van der Waals surface area (Å²) in [6.45, 7) is 1.45. The molecule has 4 aromatic carbocycles. The first-order valence-electron chi connectivity index (χ1n) is 17.5. The van der Waals surface area contributed by atoms with Gasteiger partial charge in [0.05, 0.1) is 45.7 Å². The summed E-state index contributed by atoms with van der Waals surface area (Å²) in [5.74, 6) is 0. The maximum absolute atomic E-state index is 11.8. The van der Waals surface area contributed by atoms with Crippen LogP contribution < -0.4 is 0 Å². The third kappa shape index (κ3) is 8.88. The first kappa shape index (κ1) is 36.2. The molecule has 272 valence electrons. The number of fused-ring (bicyclic) bond motifs is 2. The molecule has 1 N–H and O–H groups in total. The van der Waals surface area contributed by atoms with Crippen LogP contribution in [0.25, 0.3) is 10.4 Å². The highest BCUT2D eigenvalue weighted by Gasteiger charge is 2.62. The highest BCUT2D eigenvalue weighted by Crippen LogP contribution is 2.42. The summed E-state index contributed by atoms with van der Waals surface area (Å²) in [5, 5.41) is 15.5. The van der Waals surface area contributed by atoms with Gasteiger partial charge in [0.1, 0.15) is 30.5 Å². The summed E-state index contributed by atoms with van der Waals surface area (Å²) in [6.07, 6.45) is -6.15. The number of azide groups is 1. The molecule has 3 aliphatic heterocycles. The standard InChI is InChI=1S/C40H43N3O9/c41-43-42-40(44)38(48-25-31-19-11-4-12-20-31)37(34-27-49-39(40)51-34)52-35-21-32(46-23-29-15-7-2-8-16-29)36(47-24-30-17-9-3-10-18-30)33(50-35)26-45-22-28-13-5-1-6-14-28/h1-20,32-39,44H,21-27H2/t32-,33-,34-,35+,36+,37-,38+,39-,40-/m1/s1. The zero-order chi connectivity index (χ0) is 35.6. The zero-order valence-electron chi connectivity index (χ0n) is 28.7. The molecule has 2 bridgehead atoms. The van der Waals surface area contributed by atoms with E-state index < -0.39 is 54.9 Å². The summed E-state index contributed by atoms with van der Waals surface area (Å²) in [7, 11) is 0. The fourth-order valence-electron chi connectivity index (χ4n) is 6.77. The van der Waals surface area contributed by atoms with Gasteiger partial charge in [0, 0.05) is 11.3 Å². The molecular weight excluding hydrogens is 666 g/mol. The minimum Gasteiger partial charge on any atom is -0.377 e. The highest BCUT2D eigenvalue weighted by atomic mass is 16.8. The van der Waals surface area contributed by atoms with Gasteiger partial charge in [0.2, 0.25) is 5.72 Å². The molecule has 0 spiro atoms. The van der Waals surface area contributed by atoms with Gasteiger partial charge in [-0.25, -0.2) is 0 Å². The number of hydrogen-bond acceptors (Lipinski definition) is 10. The van der Waals surface area contributed by atoms with Crippen molar-refractivity contribution < 1.29 is 43.0 Å². The van der Waals surface area contributed by atoms with Crippen molar-refractivity contribution in [3.05, 3.63) is 154 Å². The van der Waals surface area contributed by atoms with Gasteiger partial charge in [0.15, 0.2) is 12.6 Å². The van der Waals surface area contributed by atoms with Crippen molar-refractivity contribution in [2.24, 2.45) is 5.11 Å². The topological polar surface area (TPSA) is 143 Å². The van der Waals surface area contributed by atoms with Crippen molar-refractivity contribution in [3.63, 3.8) is 0 Å². The lowest BCUT2D eigenvalue weighted by Gasteiger charge is -2.47. The van der Waals surface area contributed by atoms with E-state index in [2.05, 4.69) is 10.0 Å². The minimum atomic E-state index is -2.21. The van der Waals surface area contributed by atoms with Gasteiger partial charge in [-0.2, -0.15) is 0 Å². The molecule has 0 radical (unpaired) electrons. The molecule has 7 rings (SSSR count). The molecule has 9 atom stereocenters. The van der Waals surface area contributed by atoms with Crippen LogP contribution in [0.2, 0.25) is 0 Å². The lowest BCUT2D eigenvalue weighted by molar-refractivity contribution is -0.340. The smallest absolute Gasteiger partial charge is 0.223 e. The van der Waals surface area contributed by atoms with Crippen LogP contribution in [0.15, 0.2) is 126 Å². The van der Waals surface area contributed by atoms with Crippen LogP contribution in [0, 0.1) is 0 Å². The van der Waals surface area contributed by atoms with Crippen molar-refractivity contribution >= 4 is 0 Å². The van der Waals surface area contributed by atoms with Gasteiger partial charge in [-0.1, -0.05) is 126 Å². The molecule has 3 saturated heterocycles. The Hall–Kier alpha value is -4.17. The molecule has 12 nitrogen and oxygen atoms in total. The Kier molecular flexibility index (Phi) is 12.2. The van der Waals surface area contributed by atoms with E-state index in [0.717, 1.165) is 22.3 Å². The summed E-state index contributed by atoms with van der Waals surface area (Å²) in [6, 6.07) is 39.3. The predicted octanol–water partition coefficient (Wildman–Crippen LogP) is 6.21. The maximum atomic E-state index is 11.8. The molecular formula is C40H43N3O9. The first-order chi connectivity index (χ1) is 25.6. The zero-order valence-corrected chi connectivity index (χ0v) is 28.7. The number of nitrogens with zero attached hydrogens (tertiary/aromatic N) is 3. The van der Waals surface area contributed by atoms with Crippen LogP contribution in [0.3, 0.4) is 0 Å². The van der Waals surface area contributed by atoms with E-state index in [1.54, 1.807) is 0 Å². The summed E-state index contributed by atoms with van der Waals surface area (Å²) >= 11 is 0. The third-order valence-corrected chi connectivity index (χ3v) is 9.40. The second-order valence-electron chi connectivity index (χ2n) is 13.1. The van der Waals surface area contributed by atoms with Crippen LogP contribution in [0.1, 0.15) is 28.7 Å².